The van der Waals surface area contributed by atoms with Gasteiger partial charge in [0.25, 0.3) is 0 Å². The molecule has 8 heteroatoms. The van der Waals surface area contributed by atoms with E-state index in [-0.39, 0.29) is 12.0 Å². The van der Waals surface area contributed by atoms with Crippen LogP contribution in [0.5, 0.6) is 0 Å². The van der Waals surface area contributed by atoms with E-state index in [0.29, 0.717) is 28.3 Å². The van der Waals surface area contributed by atoms with E-state index in [1.807, 2.05) is 24.3 Å². The van der Waals surface area contributed by atoms with Crippen LogP contribution in [0.1, 0.15) is 40.9 Å². The molecule has 1 amide bonds. The zero-order chi connectivity index (χ0) is 23.1. The minimum Gasteiger partial charge on any atom is -0.373 e. The monoisotopic (exact) mass is 503 g/mol. The molecule has 5 rings (SSSR count). The lowest BCUT2D eigenvalue weighted by molar-refractivity contribution is 0.0255. The molecule has 174 valence electrons. The van der Waals surface area contributed by atoms with Gasteiger partial charge in [-0.2, -0.15) is 0 Å². The number of benzene rings is 2. The number of ether oxygens (including phenoxy) is 1. The van der Waals surface area contributed by atoms with Crippen molar-refractivity contribution < 1.29 is 9.53 Å². The van der Waals surface area contributed by atoms with E-state index in [0.717, 1.165) is 43.7 Å². The number of rotatable bonds is 5. The summed E-state index contributed by atoms with van der Waals surface area (Å²) >= 11 is 14.3. The molecule has 0 unspecified atom stereocenters. The molecule has 2 aromatic carbocycles. The molecule has 0 aliphatic carbocycles. The lowest BCUT2D eigenvalue weighted by atomic mass is 9.93. The average molecular weight is 504 g/mol. The van der Waals surface area contributed by atoms with Crippen LogP contribution in [0.15, 0.2) is 35.7 Å². The maximum atomic E-state index is 11.5. The second-order valence-corrected chi connectivity index (χ2v) is 10.5. The Labute approximate surface area is 208 Å². The van der Waals surface area contributed by atoms with E-state index in [1.54, 1.807) is 11.3 Å². The lowest BCUT2D eigenvalue weighted by Gasteiger charge is -2.41. The van der Waals surface area contributed by atoms with Gasteiger partial charge in [-0.05, 0) is 55.2 Å². The van der Waals surface area contributed by atoms with Gasteiger partial charge in [0.15, 0.2) is 0 Å². The van der Waals surface area contributed by atoms with Crippen molar-refractivity contribution in [3.8, 4) is 0 Å². The summed E-state index contributed by atoms with van der Waals surface area (Å²) in [5.41, 5.74) is 9.65. The highest BCUT2D eigenvalue weighted by atomic mass is 35.5. The van der Waals surface area contributed by atoms with Gasteiger partial charge in [-0.15, -0.1) is 11.3 Å². The fourth-order valence-corrected chi connectivity index (χ4v) is 6.56. The summed E-state index contributed by atoms with van der Waals surface area (Å²) in [4.78, 5) is 16.5. The number of nitrogens with two attached hydrogens (primary N) is 1. The van der Waals surface area contributed by atoms with Gasteiger partial charge in [0.05, 0.1) is 33.1 Å². The third kappa shape index (κ3) is 4.47. The molecule has 0 saturated carbocycles. The van der Waals surface area contributed by atoms with E-state index < -0.39 is 0 Å². The number of fused-ring (bicyclic) bond motifs is 2. The highest BCUT2D eigenvalue weighted by Crippen LogP contribution is 2.41. The van der Waals surface area contributed by atoms with Crippen LogP contribution in [0.4, 0.5) is 5.69 Å². The minimum atomic E-state index is -0.378. The van der Waals surface area contributed by atoms with Gasteiger partial charge in [-0.3, -0.25) is 9.69 Å². The second kappa shape index (κ2) is 9.43. The number of thiophene rings is 1. The summed E-state index contributed by atoms with van der Waals surface area (Å²) in [6.07, 6.45) is 1.82. The highest BCUT2D eigenvalue weighted by molar-refractivity contribution is 7.18. The molecule has 0 bridgehead atoms. The van der Waals surface area contributed by atoms with Gasteiger partial charge in [0.2, 0.25) is 5.91 Å². The topological polar surface area (TPSA) is 58.8 Å². The van der Waals surface area contributed by atoms with E-state index in [9.17, 15) is 4.79 Å². The second-order valence-electron chi connectivity index (χ2n) is 8.87. The molecule has 1 aromatic heterocycles. The third-order valence-electron chi connectivity index (χ3n) is 6.86. The summed E-state index contributed by atoms with van der Waals surface area (Å²) < 4.78 is 7.16. The largest absolute Gasteiger partial charge is 0.373 e. The summed E-state index contributed by atoms with van der Waals surface area (Å²) in [7, 11) is 0. The maximum absolute atomic E-state index is 11.5. The SMILES string of the molecule is C[C@@H]1CN(c2csc3c(Cl)c(Cl)ccc23)CCN1CC[C@@H]1OCCc2cc(C(N)=O)ccc21. The Morgan fingerprint density at radius 1 is 1.24 bits per heavy atom. The number of hydrogen-bond acceptors (Lipinski definition) is 5. The first-order valence-electron chi connectivity index (χ1n) is 11.3. The fraction of sp³-hybridized carbons (Fsp3) is 0.400. The molecule has 2 aliphatic rings. The van der Waals surface area contributed by atoms with Gasteiger partial charge in [-0.1, -0.05) is 29.3 Å². The van der Waals surface area contributed by atoms with Gasteiger partial charge in [0.1, 0.15) is 0 Å². The third-order valence-corrected chi connectivity index (χ3v) is 8.78. The molecule has 0 spiro atoms. The van der Waals surface area contributed by atoms with Crippen LogP contribution in [-0.2, 0) is 11.2 Å². The Morgan fingerprint density at radius 3 is 2.88 bits per heavy atom. The predicted octanol–water partition coefficient (Wildman–Crippen LogP) is 5.52. The number of amides is 1. The molecule has 1 fully saturated rings. The summed E-state index contributed by atoms with van der Waals surface area (Å²) in [6.45, 7) is 6.89. The van der Waals surface area contributed by atoms with Crippen molar-refractivity contribution in [1.82, 2.24) is 4.90 Å². The quantitative estimate of drug-likeness (QED) is 0.497. The van der Waals surface area contributed by atoms with Crippen LogP contribution in [0.3, 0.4) is 0 Å². The first-order chi connectivity index (χ1) is 15.9. The number of nitrogens with zero attached hydrogens (tertiary/aromatic N) is 2. The Bertz CT molecular complexity index is 1200. The first kappa shape index (κ1) is 22.9. The number of primary amides is 1. The highest BCUT2D eigenvalue weighted by Gasteiger charge is 2.28. The Balaban J connectivity index is 1.24. The van der Waals surface area contributed by atoms with E-state index in [4.69, 9.17) is 33.7 Å². The standard InChI is InChI=1S/C25H27Cl2N3O2S/c1-15-13-30(21-14-33-24-19(21)4-5-20(26)23(24)27)10-9-29(15)8-6-22-18-3-2-17(25(28)31)12-16(18)7-11-32-22/h2-5,12,14-15,22H,6-11,13H2,1H3,(H2,28,31)/t15-,22+/m1/s1. The lowest BCUT2D eigenvalue weighted by Crippen LogP contribution is -2.52. The van der Waals surface area contributed by atoms with Crippen molar-refractivity contribution in [2.45, 2.75) is 31.9 Å². The Hall–Kier alpha value is -1.83. The number of halogens is 2. The van der Waals surface area contributed by atoms with Crippen LogP contribution < -0.4 is 10.6 Å². The molecule has 2 N–H and O–H groups in total. The van der Waals surface area contributed by atoms with Crippen LogP contribution in [0.2, 0.25) is 10.0 Å². The number of hydrogen-bond donors (Lipinski definition) is 1. The molecule has 0 radical (unpaired) electrons. The maximum Gasteiger partial charge on any atom is 0.248 e. The van der Waals surface area contributed by atoms with Gasteiger partial charge >= 0.3 is 0 Å². The number of carbonyl (C=O) groups excluding carboxylic acids is 1. The number of carbonyl (C=O) groups is 1. The van der Waals surface area contributed by atoms with Crippen molar-refractivity contribution in [3.05, 3.63) is 62.4 Å². The predicted molar refractivity (Wildman–Crippen MR) is 137 cm³/mol. The number of anilines is 1. The average Bonchev–Trinajstić information content (AvgIpc) is 3.25. The van der Waals surface area contributed by atoms with E-state index in [2.05, 4.69) is 28.2 Å². The van der Waals surface area contributed by atoms with Crippen LogP contribution in [0.25, 0.3) is 10.1 Å². The van der Waals surface area contributed by atoms with E-state index in [1.165, 1.54) is 22.2 Å². The van der Waals surface area contributed by atoms with Crippen molar-refractivity contribution >= 4 is 56.2 Å². The zero-order valence-corrected chi connectivity index (χ0v) is 20.8. The zero-order valence-electron chi connectivity index (χ0n) is 18.5. The van der Waals surface area contributed by atoms with Crippen molar-refractivity contribution in [3.63, 3.8) is 0 Å². The molecule has 2 atom stereocenters. The molecule has 33 heavy (non-hydrogen) atoms. The fourth-order valence-electron chi connectivity index (χ4n) is 5.03. The summed E-state index contributed by atoms with van der Waals surface area (Å²) in [6, 6.07) is 10.1. The van der Waals surface area contributed by atoms with Crippen molar-refractivity contribution in [2.75, 3.05) is 37.7 Å². The van der Waals surface area contributed by atoms with Crippen molar-refractivity contribution in [1.29, 1.82) is 0 Å². The molecule has 3 aromatic rings. The Kier molecular flexibility index (Phi) is 6.56. The van der Waals surface area contributed by atoms with Gasteiger partial charge in [0, 0.05) is 48.6 Å². The van der Waals surface area contributed by atoms with Crippen molar-refractivity contribution in [2.24, 2.45) is 5.73 Å². The molecular weight excluding hydrogens is 477 g/mol. The summed E-state index contributed by atoms with van der Waals surface area (Å²) in [5.74, 6) is -0.378. The number of piperazine rings is 1. The van der Waals surface area contributed by atoms with E-state index >= 15 is 0 Å². The summed E-state index contributed by atoms with van der Waals surface area (Å²) in [5, 5.41) is 4.63. The molecule has 5 nitrogen and oxygen atoms in total. The van der Waals surface area contributed by atoms with Crippen LogP contribution in [0, 0.1) is 0 Å². The van der Waals surface area contributed by atoms with Crippen LogP contribution >= 0.6 is 34.5 Å². The first-order valence-corrected chi connectivity index (χ1v) is 12.9. The molecular formula is C25H27Cl2N3O2S. The molecule has 3 heterocycles. The minimum absolute atomic E-state index is 0.0635. The van der Waals surface area contributed by atoms with Gasteiger partial charge < -0.3 is 15.4 Å². The normalized spacial score (nSPS) is 21.4. The Morgan fingerprint density at radius 2 is 2.09 bits per heavy atom. The molecule has 2 aliphatic heterocycles. The molecule has 1 saturated heterocycles. The van der Waals surface area contributed by atoms with Gasteiger partial charge in [-0.25, -0.2) is 0 Å². The smallest absolute Gasteiger partial charge is 0.248 e. The van der Waals surface area contributed by atoms with Crippen LogP contribution in [-0.4, -0.2) is 49.6 Å².